The summed E-state index contributed by atoms with van der Waals surface area (Å²) in [4.78, 5) is 0. The summed E-state index contributed by atoms with van der Waals surface area (Å²) in [6, 6.07) is 6.14. The Morgan fingerprint density at radius 1 is 1.12 bits per heavy atom. The zero-order valence-electron chi connectivity index (χ0n) is 11.4. The van der Waals surface area contributed by atoms with Gasteiger partial charge < -0.3 is 15.2 Å². The van der Waals surface area contributed by atoms with Crippen molar-refractivity contribution in [3.05, 3.63) is 23.8 Å². The van der Waals surface area contributed by atoms with Crippen LogP contribution in [0.1, 0.15) is 32.8 Å². The van der Waals surface area contributed by atoms with E-state index in [0.29, 0.717) is 0 Å². The van der Waals surface area contributed by atoms with E-state index in [0.717, 1.165) is 17.9 Å². The first-order chi connectivity index (χ1) is 7.89. The van der Waals surface area contributed by atoms with E-state index in [2.05, 4.69) is 13.8 Å². The van der Waals surface area contributed by atoms with Gasteiger partial charge in [0.1, 0.15) is 11.5 Å². The molecule has 1 aromatic carbocycles. The Labute approximate surface area is 104 Å². The van der Waals surface area contributed by atoms with Crippen molar-refractivity contribution in [3.63, 3.8) is 0 Å². The lowest BCUT2D eigenvalue weighted by Crippen LogP contribution is -2.28. The highest BCUT2D eigenvalue weighted by Crippen LogP contribution is 2.33. The van der Waals surface area contributed by atoms with Gasteiger partial charge >= 0.3 is 0 Å². The van der Waals surface area contributed by atoms with Gasteiger partial charge in [-0.25, -0.2) is 0 Å². The van der Waals surface area contributed by atoms with Crippen LogP contribution in [0.4, 0.5) is 0 Å². The predicted molar refractivity (Wildman–Crippen MR) is 70.8 cm³/mol. The van der Waals surface area contributed by atoms with Crippen LogP contribution in [0.25, 0.3) is 0 Å². The Kier molecular flexibility index (Phi) is 4.40. The first kappa shape index (κ1) is 13.8. The molecule has 0 saturated heterocycles. The van der Waals surface area contributed by atoms with Crippen LogP contribution < -0.4 is 15.2 Å². The SMILES string of the molecule is COc1cc(OC)cc(C(C)(C)CC(C)N)c1. The van der Waals surface area contributed by atoms with E-state index in [1.165, 1.54) is 5.56 Å². The molecule has 0 amide bonds. The monoisotopic (exact) mass is 237 g/mol. The highest BCUT2D eigenvalue weighted by atomic mass is 16.5. The van der Waals surface area contributed by atoms with Crippen molar-refractivity contribution in [2.45, 2.75) is 38.6 Å². The molecule has 0 fully saturated rings. The first-order valence-electron chi connectivity index (χ1n) is 5.88. The second-order valence-electron chi connectivity index (χ2n) is 5.17. The van der Waals surface area contributed by atoms with Crippen LogP contribution in [-0.4, -0.2) is 20.3 Å². The van der Waals surface area contributed by atoms with Gasteiger partial charge in [0.2, 0.25) is 0 Å². The van der Waals surface area contributed by atoms with E-state index in [9.17, 15) is 0 Å². The van der Waals surface area contributed by atoms with Crippen molar-refractivity contribution in [1.29, 1.82) is 0 Å². The van der Waals surface area contributed by atoms with Crippen LogP contribution in [-0.2, 0) is 5.41 Å². The summed E-state index contributed by atoms with van der Waals surface area (Å²) >= 11 is 0. The summed E-state index contributed by atoms with van der Waals surface area (Å²) < 4.78 is 10.6. The molecule has 96 valence electrons. The molecule has 0 aliphatic rings. The van der Waals surface area contributed by atoms with Gasteiger partial charge in [-0.2, -0.15) is 0 Å². The second-order valence-corrected chi connectivity index (χ2v) is 5.17. The quantitative estimate of drug-likeness (QED) is 0.856. The summed E-state index contributed by atoms with van der Waals surface area (Å²) in [5, 5.41) is 0. The molecule has 0 bridgehead atoms. The van der Waals surface area contributed by atoms with Crippen molar-refractivity contribution < 1.29 is 9.47 Å². The van der Waals surface area contributed by atoms with Gasteiger partial charge in [-0.05, 0) is 36.5 Å². The zero-order chi connectivity index (χ0) is 13.1. The summed E-state index contributed by atoms with van der Waals surface area (Å²) in [6.45, 7) is 6.40. The third-order valence-corrected chi connectivity index (χ3v) is 2.97. The van der Waals surface area contributed by atoms with E-state index in [-0.39, 0.29) is 11.5 Å². The lowest BCUT2D eigenvalue weighted by atomic mass is 9.79. The van der Waals surface area contributed by atoms with E-state index >= 15 is 0 Å². The molecule has 3 nitrogen and oxygen atoms in total. The Hall–Kier alpha value is -1.22. The van der Waals surface area contributed by atoms with E-state index in [1.807, 2.05) is 25.1 Å². The molecule has 1 rings (SSSR count). The maximum Gasteiger partial charge on any atom is 0.122 e. The standard InChI is InChI=1S/C14H23NO2/c1-10(15)9-14(2,3)11-6-12(16-4)8-13(7-11)17-5/h6-8,10H,9,15H2,1-5H3. The van der Waals surface area contributed by atoms with E-state index in [1.54, 1.807) is 14.2 Å². The lowest BCUT2D eigenvalue weighted by molar-refractivity contribution is 0.385. The average Bonchev–Trinajstić information content (AvgIpc) is 2.26. The van der Waals surface area contributed by atoms with Gasteiger partial charge in [0.15, 0.2) is 0 Å². The molecule has 0 aliphatic carbocycles. The third kappa shape index (κ3) is 3.63. The van der Waals surface area contributed by atoms with Gasteiger partial charge in [0.05, 0.1) is 14.2 Å². The molecule has 2 N–H and O–H groups in total. The Balaban J connectivity index is 3.11. The molecule has 1 unspecified atom stereocenters. The highest BCUT2D eigenvalue weighted by Gasteiger charge is 2.23. The third-order valence-electron chi connectivity index (χ3n) is 2.97. The predicted octanol–water partition coefficient (Wildman–Crippen LogP) is 2.72. The van der Waals surface area contributed by atoms with Crippen molar-refractivity contribution in [2.24, 2.45) is 5.73 Å². The molecule has 3 heteroatoms. The normalized spacial score (nSPS) is 13.3. The molecule has 1 atom stereocenters. The van der Waals surface area contributed by atoms with Crippen LogP contribution in [0.2, 0.25) is 0 Å². The topological polar surface area (TPSA) is 44.5 Å². The van der Waals surface area contributed by atoms with E-state index in [4.69, 9.17) is 15.2 Å². The Morgan fingerprint density at radius 3 is 1.94 bits per heavy atom. The fourth-order valence-corrected chi connectivity index (χ4v) is 2.12. The zero-order valence-corrected chi connectivity index (χ0v) is 11.4. The molecule has 0 aliphatic heterocycles. The molecule has 0 radical (unpaired) electrons. The minimum atomic E-state index is 0.00991. The molecule has 17 heavy (non-hydrogen) atoms. The number of hydrogen-bond donors (Lipinski definition) is 1. The average molecular weight is 237 g/mol. The van der Waals surface area contributed by atoms with Crippen molar-refractivity contribution in [1.82, 2.24) is 0 Å². The lowest BCUT2D eigenvalue weighted by Gasteiger charge is -2.28. The van der Waals surface area contributed by atoms with Gasteiger partial charge in [-0.15, -0.1) is 0 Å². The minimum Gasteiger partial charge on any atom is -0.497 e. The fraction of sp³-hybridized carbons (Fsp3) is 0.571. The smallest absolute Gasteiger partial charge is 0.122 e. The van der Waals surface area contributed by atoms with Gasteiger partial charge in [0.25, 0.3) is 0 Å². The van der Waals surface area contributed by atoms with E-state index < -0.39 is 0 Å². The van der Waals surface area contributed by atoms with Gasteiger partial charge in [0, 0.05) is 12.1 Å². The molecule has 0 heterocycles. The highest BCUT2D eigenvalue weighted by molar-refractivity contribution is 5.41. The van der Waals surface area contributed by atoms with Crippen LogP contribution >= 0.6 is 0 Å². The fourth-order valence-electron chi connectivity index (χ4n) is 2.12. The molecule has 0 aromatic heterocycles. The van der Waals surface area contributed by atoms with Crippen LogP contribution in [0.15, 0.2) is 18.2 Å². The number of hydrogen-bond acceptors (Lipinski definition) is 3. The maximum atomic E-state index is 5.89. The van der Waals surface area contributed by atoms with Crippen molar-refractivity contribution in [2.75, 3.05) is 14.2 Å². The van der Waals surface area contributed by atoms with Crippen molar-refractivity contribution in [3.8, 4) is 11.5 Å². The number of methoxy groups -OCH3 is 2. The summed E-state index contributed by atoms with van der Waals surface area (Å²) in [5.41, 5.74) is 7.09. The van der Waals surface area contributed by atoms with Crippen LogP contribution in [0, 0.1) is 0 Å². The second kappa shape index (κ2) is 5.41. The largest absolute Gasteiger partial charge is 0.497 e. The molecule has 0 saturated carbocycles. The molecule has 0 spiro atoms. The first-order valence-corrected chi connectivity index (χ1v) is 5.88. The Morgan fingerprint density at radius 2 is 1.59 bits per heavy atom. The van der Waals surface area contributed by atoms with Crippen LogP contribution in [0.5, 0.6) is 11.5 Å². The Bertz CT molecular complexity index is 350. The van der Waals surface area contributed by atoms with Gasteiger partial charge in [-0.1, -0.05) is 13.8 Å². The number of ether oxygens (including phenoxy) is 2. The number of nitrogens with two attached hydrogens (primary N) is 1. The molecular weight excluding hydrogens is 214 g/mol. The summed E-state index contributed by atoms with van der Waals surface area (Å²) in [5.74, 6) is 1.63. The molecular formula is C14H23NO2. The minimum absolute atomic E-state index is 0.00991. The van der Waals surface area contributed by atoms with Crippen molar-refractivity contribution >= 4 is 0 Å². The number of benzene rings is 1. The summed E-state index contributed by atoms with van der Waals surface area (Å²) in [6.07, 6.45) is 0.920. The number of rotatable bonds is 5. The molecule has 1 aromatic rings. The maximum absolute atomic E-state index is 5.89. The van der Waals surface area contributed by atoms with Gasteiger partial charge in [-0.3, -0.25) is 0 Å². The van der Waals surface area contributed by atoms with Crippen LogP contribution in [0.3, 0.4) is 0 Å². The summed E-state index contributed by atoms with van der Waals surface area (Å²) in [7, 11) is 3.33.